The van der Waals surface area contributed by atoms with Gasteiger partial charge in [0.05, 0.1) is 13.1 Å². The second-order valence-corrected chi connectivity index (χ2v) is 8.62. The number of alkyl halides is 1. The van der Waals surface area contributed by atoms with Crippen molar-refractivity contribution in [1.29, 1.82) is 0 Å². The summed E-state index contributed by atoms with van der Waals surface area (Å²) < 4.78 is 1.89. The van der Waals surface area contributed by atoms with Crippen LogP contribution in [0.1, 0.15) is 23.7 Å². The van der Waals surface area contributed by atoms with Crippen LogP contribution in [0.2, 0.25) is 0 Å². The molecule has 1 saturated heterocycles. The lowest BCUT2D eigenvalue weighted by atomic mass is 10.1. The van der Waals surface area contributed by atoms with Crippen LogP contribution in [0.15, 0.2) is 13.6 Å². The van der Waals surface area contributed by atoms with E-state index in [0.29, 0.717) is 12.0 Å². The Hall–Kier alpha value is 0.610. The fourth-order valence-corrected chi connectivity index (χ4v) is 5.90. The second kappa shape index (κ2) is 5.72. The zero-order chi connectivity index (χ0) is 12.6. The Morgan fingerprint density at radius 1 is 1.59 bits per heavy atom. The third kappa shape index (κ3) is 2.80. The summed E-state index contributed by atoms with van der Waals surface area (Å²) in [6, 6.07) is 2.21. The molecule has 0 aliphatic carbocycles. The molecule has 2 atom stereocenters. The smallest absolute Gasteiger partial charge is 0.256 e. The fourth-order valence-electron chi connectivity index (χ4n) is 2.14. The Bertz CT molecular complexity index is 434. The number of carbonyl (C=O) groups is 1. The Morgan fingerprint density at radius 2 is 2.29 bits per heavy atom. The largest absolute Gasteiger partial charge is 0.334 e. The summed E-state index contributed by atoms with van der Waals surface area (Å²) >= 11 is 11.9. The van der Waals surface area contributed by atoms with Gasteiger partial charge in [0.15, 0.2) is 0 Å². The average molecular weight is 446 g/mol. The molecule has 17 heavy (non-hydrogen) atoms. The summed E-state index contributed by atoms with van der Waals surface area (Å²) in [5, 5.41) is 0.850. The van der Waals surface area contributed by atoms with Gasteiger partial charge in [0.1, 0.15) is 0 Å². The number of hydrogen-bond donors (Lipinski definition) is 0. The first-order chi connectivity index (χ1) is 8.04. The molecule has 0 radical (unpaired) electrons. The van der Waals surface area contributed by atoms with Crippen LogP contribution in [0.5, 0.6) is 0 Å². The molecule has 94 valence electrons. The fraction of sp³-hybridized carbons (Fsp3) is 0.545. The normalized spacial score (nSPS) is 24.4. The molecule has 0 spiro atoms. The monoisotopic (exact) mass is 443 g/mol. The first-order valence-electron chi connectivity index (χ1n) is 5.36. The number of likely N-dealkylation sites (tertiary alicyclic amines) is 1. The molecule has 1 aromatic rings. The summed E-state index contributed by atoms with van der Waals surface area (Å²) in [5.74, 6) is 0.701. The van der Waals surface area contributed by atoms with Gasteiger partial charge in [-0.2, -0.15) is 0 Å². The van der Waals surface area contributed by atoms with E-state index >= 15 is 0 Å². The van der Waals surface area contributed by atoms with E-state index in [9.17, 15) is 4.79 Å². The zero-order valence-corrected chi connectivity index (χ0v) is 14.8. The van der Waals surface area contributed by atoms with Crippen molar-refractivity contribution in [3.05, 3.63) is 19.2 Å². The third-order valence-electron chi connectivity index (χ3n) is 3.19. The van der Waals surface area contributed by atoms with Crippen molar-refractivity contribution in [3.63, 3.8) is 0 Å². The lowest BCUT2D eigenvalue weighted by molar-refractivity contribution is 0.0738. The van der Waals surface area contributed by atoms with E-state index in [1.807, 2.05) is 11.0 Å². The number of nitrogens with zero attached hydrogens (tertiary/aromatic N) is 1. The van der Waals surface area contributed by atoms with Crippen LogP contribution in [-0.4, -0.2) is 28.7 Å². The highest BCUT2D eigenvalue weighted by molar-refractivity contribution is 9.12. The molecule has 2 unspecified atom stereocenters. The van der Waals surface area contributed by atoms with Crippen molar-refractivity contribution in [1.82, 2.24) is 4.90 Å². The van der Waals surface area contributed by atoms with Gasteiger partial charge >= 0.3 is 0 Å². The Morgan fingerprint density at radius 3 is 2.82 bits per heavy atom. The van der Waals surface area contributed by atoms with Crippen LogP contribution in [0.4, 0.5) is 0 Å². The van der Waals surface area contributed by atoms with Crippen molar-refractivity contribution in [2.75, 3.05) is 11.9 Å². The molecule has 1 fully saturated rings. The summed E-state index contributed by atoms with van der Waals surface area (Å²) in [4.78, 5) is 14.4. The molecule has 0 aromatic carbocycles. The van der Waals surface area contributed by atoms with Gasteiger partial charge in [-0.15, -0.1) is 11.3 Å². The zero-order valence-electron chi connectivity index (χ0n) is 9.25. The topological polar surface area (TPSA) is 20.3 Å². The minimum absolute atomic E-state index is 0.132. The van der Waals surface area contributed by atoms with Gasteiger partial charge in [0.25, 0.3) is 5.91 Å². The van der Waals surface area contributed by atoms with E-state index < -0.39 is 0 Å². The van der Waals surface area contributed by atoms with Crippen molar-refractivity contribution < 1.29 is 4.79 Å². The van der Waals surface area contributed by atoms with Gasteiger partial charge in [-0.1, -0.05) is 22.9 Å². The molecule has 0 saturated carbocycles. The highest BCUT2D eigenvalue weighted by Crippen LogP contribution is 2.35. The molecule has 1 aromatic heterocycles. The van der Waals surface area contributed by atoms with E-state index in [4.69, 9.17) is 0 Å². The average Bonchev–Trinajstić information content (AvgIpc) is 2.80. The Kier molecular flexibility index (Phi) is 4.72. The highest BCUT2D eigenvalue weighted by atomic mass is 79.9. The number of hydrogen-bond acceptors (Lipinski definition) is 2. The Labute approximate surface area is 130 Å². The highest BCUT2D eigenvalue weighted by Gasteiger charge is 2.34. The van der Waals surface area contributed by atoms with Gasteiger partial charge in [-0.3, -0.25) is 4.79 Å². The van der Waals surface area contributed by atoms with Gasteiger partial charge in [-0.05, 0) is 50.3 Å². The molecule has 6 heteroatoms. The van der Waals surface area contributed by atoms with Gasteiger partial charge < -0.3 is 4.90 Å². The van der Waals surface area contributed by atoms with Crippen molar-refractivity contribution in [2.24, 2.45) is 5.92 Å². The van der Waals surface area contributed by atoms with Crippen LogP contribution in [0, 0.1) is 5.92 Å². The van der Waals surface area contributed by atoms with Crippen LogP contribution in [0.25, 0.3) is 0 Å². The maximum absolute atomic E-state index is 12.5. The van der Waals surface area contributed by atoms with E-state index in [2.05, 4.69) is 54.7 Å². The maximum Gasteiger partial charge on any atom is 0.256 e. The molecular weight excluding hydrogens is 434 g/mol. The van der Waals surface area contributed by atoms with Crippen LogP contribution >= 0.6 is 59.1 Å². The van der Waals surface area contributed by atoms with Gasteiger partial charge in [0, 0.05) is 17.9 Å². The van der Waals surface area contributed by atoms with Crippen molar-refractivity contribution in [2.45, 2.75) is 19.4 Å². The van der Waals surface area contributed by atoms with Crippen molar-refractivity contribution in [3.8, 4) is 0 Å². The van der Waals surface area contributed by atoms with Crippen LogP contribution < -0.4 is 0 Å². The second-order valence-electron chi connectivity index (χ2n) is 4.22. The van der Waals surface area contributed by atoms with Crippen LogP contribution in [-0.2, 0) is 0 Å². The number of amides is 1. The number of halogens is 3. The first kappa shape index (κ1) is 14.0. The molecule has 2 rings (SSSR count). The van der Waals surface area contributed by atoms with E-state index in [1.165, 1.54) is 0 Å². The van der Waals surface area contributed by atoms with E-state index in [-0.39, 0.29) is 5.91 Å². The number of thiophene rings is 1. The summed E-state index contributed by atoms with van der Waals surface area (Å²) in [6.07, 6.45) is 1.09. The summed E-state index contributed by atoms with van der Waals surface area (Å²) in [7, 11) is 0. The predicted molar refractivity (Wildman–Crippen MR) is 82.1 cm³/mol. The number of rotatable bonds is 2. The molecule has 1 aliphatic heterocycles. The molecule has 1 aliphatic rings. The number of carbonyl (C=O) groups excluding carboxylic acids is 1. The van der Waals surface area contributed by atoms with Crippen LogP contribution in [0.3, 0.4) is 0 Å². The SMILES string of the molecule is CC1CCN(C(=O)c2cc(Br)sc2Br)C1CBr. The molecule has 0 N–H and O–H groups in total. The van der Waals surface area contributed by atoms with E-state index in [1.54, 1.807) is 11.3 Å². The first-order valence-corrected chi connectivity index (χ1v) is 8.88. The van der Waals surface area contributed by atoms with E-state index in [0.717, 1.165) is 31.4 Å². The maximum atomic E-state index is 12.5. The summed E-state index contributed by atoms with van der Waals surface area (Å²) in [5.41, 5.74) is 0.766. The molecular formula is C11H12Br3NOS. The predicted octanol–water partition coefficient (Wildman–Crippen LogP) is 4.52. The molecule has 1 amide bonds. The third-order valence-corrected chi connectivity index (χ3v) is 6.19. The van der Waals surface area contributed by atoms with Gasteiger partial charge in [0.2, 0.25) is 0 Å². The molecule has 2 heterocycles. The standard InChI is InChI=1S/C11H12Br3NOS/c1-6-2-3-15(8(6)5-12)11(16)7-4-9(13)17-10(7)14/h4,6,8H,2-3,5H2,1H3. The summed E-state index contributed by atoms with van der Waals surface area (Å²) in [6.45, 7) is 3.06. The lowest BCUT2D eigenvalue weighted by Crippen LogP contribution is -2.38. The molecule has 0 bridgehead atoms. The lowest BCUT2D eigenvalue weighted by Gasteiger charge is -2.25. The minimum atomic E-state index is 0.132. The Balaban J connectivity index is 2.23. The van der Waals surface area contributed by atoms with Crippen molar-refractivity contribution >= 4 is 65.0 Å². The minimum Gasteiger partial charge on any atom is -0.334 e. The quantitative estimate of drug-likeness (QED) is 0.613. The molecule has 2 nitrogen and oxygen atoms in total. The van der Waals surface area contributed by atoms with Gasteiger partial charge in [-0.25, -0.2) is 0 Å².